The topological polar surface area (TPSA) is 64.3 Å². The van der Waals surface area contributed by atoms with E-state index in [1.807, 2.05) is 18.2 Å². The van der Waals surface area contributed by atoms with Crippen LogP contribution in [0.4, 0.5) is 0 Å². The molecule has 3 N–H and O–H groups in total. The summed E-state index contributed by atoms with van der Waals surface area (Å²) in [6.45, 7) is 7.58. The van der Waals surface area contributed by atoms with E-state index < -0.39 is 12.0 Å². The van der Waals surface area contributed by atoms with Gasteiger partial charge in [0.2, 0.25) is 0 Å². The Bertz CT molecular complexity index is 435. The van der Waals surface area contributed by atoms with Crippen molar-refractivity contribution in [3.8, 4) is 5.75 Å². The maximum Gasteiger partial charge on any atom is 0.258 e. The number of carbonyl (C=O) groups is 1. The first-order valence-corrected chi connectivity index (χ1v) is 7.14. The van der Waals surface area contributed by atoms with Crippen molar-refractivity contribution in [3.05, 3.63) is 28.2 Å². The number of halogens is 1. The summed E-state index contributed by atoms with van der Waals surface area (Å²) in [5.41, 5.74) is 6.22. The number of hydrogen-bond acceptors (Lipinski definition) is 3. The van der Waals surface area contributed by atoms with Crippen LogP contribution in [0.25, 0.3) is 0 Å². The summed E-state index contributed by atoms with van der Waals surface area (Å²) in [4.78, 5) is 11.1. The lowest BCUT2D eigenvalue weighted by Gasteiger charge is -2.16. The molecule has 0 aliphatic rings. The molecule has 0 aliphatic heterocycles. The van der Waals surface area contributed by atoms with Gasteiger partial charge in [-0.25, -0.2) is 0 Å². The predicted octanol–water partition coefficient (Wildman–Crippen LogP) is 2.45. The summed E-state index contributed by atoms with van der Waals surface area (Å²) >= 11 is 3.44. The Hall–Kier alpha value is -1.07. The van der Waals surface area contributed by atoms with Gasteiger partial charge in [0.15, 0.2) is 6.10 Å². The first-order chi connectivity index (χ1) is 8.90. The molecule has 1 rings (SSSR count). The van der Waals surface area contributed by atoms with Gasteiger partial charge < -0.3 is 15.8 Å². The van der Waals surface area contributed by atoms with Gasteiger partial charge in [-0.2, -0.15) is 0 Å². The minimum Gasteiger partial charge on any atom is -0.481 e. The van der Waals surface area contributed by atoms with E-state index in [-0.39, 0.29) is 0 Å². The minimum absolute atomic E-state index is 0.469. The molecule has 4 nitrogen and oxygen atoms in total. The van der Waals surface area contributed by atoms with Crippen LogP contribution in [0, 0.1) is 5.92 Å². The molecule has 1 aromatic rings. The van der Waals surface area contributed by atoms with E-state index in [1.165, 1.54) is 0 Å². The second-order valence-corrected chi connectivity index (χ2v) is 5.85. The van der Waals surface area contributed by atoms with Gasteiger partial charge in [-0.05, 0) is 37.6 Å². The van der Waals surface area contributed by atoms with Crippen LogP contribution >= 0.6 is 15.9 Å². The van der Waals surface area contributed by atoms with Crippen LogP contribution in [0.2, 0.25) is 0 Å². The molecule has 1 amide bonds. The lowest BCUT2D eigenvalue weighted by Crippen LogP contribution is -2.31. The molecule has 0 saturated carbocycles. The third kappa shape index (κ3) is 5.61. The van der Waals surface area contributed by atoms with Crippen LogP contribution < -0.4 is 15.8 Å². The van der Waals surface area contributed by atoms with Crippen molar-refractivity contribution in [1.82, 2.24) is 5.32 Å². The first kappa shape index (κ1) is 16.0. The van der Waals surface area contributed by atoms with Crippen LogP contribution in [-0.4, -0.2) is 18.6 Å². The molecular formula is C14H21BrN2O2. The second-order valence-electron chi connectivity index (χ2n) is 4.94. The zero-order valence-corrected chi connectivity index (χ0v) is 13.2. The molecule has 1 unspecified atom stereocenters. The standard InChI is InChI=1S/C14H21BrN2O2/c1-9(2)7-17-8-11-6-12(15)4-5-13(11)19-10(3)14(16)18/h4-6,9-10,17H,7-8H2,1-3H3,(H2,16,18). The highest BCUT2D eigenvalue weighted by Crippen LogP contribution is 2.24. The Morgan fingerprint density at radius 2 is 2.11 bits per heavy atom. The highest BCUT2D eigenvalue weighted by Gasteiger charge is 2.13. The van der Waals surface area contributed by atoms with Crippen molar-refractivity contribution in [2.24, 2.45) is 11.7 Å². The molecule has 0 saturated heterocycles. The third-order valence-corrected chi connectivity index (χ3v) is 3.09. The summed E-state index contributed by atoms with van der Waals surface area (Å²) in [6.07, 6.45) is -0.634. The number of ether oxygens (including phenoxy) is 1. The molecule has 0 heterocycles. The largest absolute Gasteiger partial charge is 0.481 e. The van der Waals surface area contributed by atoms with Crippen LogP contribution in [0.15, 0.2) is 22.7 Å². The zero-order valence-electron chi connectivity index (χ0n) is 11.6. The number of hydrogen-bond donors (Lipinski definition) is 2. The van der Waals surface area contributed by atoms with Gasteiger partial charge >= 0.3 is 0 Å². The van der Waals surface area contributed by atoms with Crippen molar-refractivity contribution < 1.29 is 9.53 Å². The van der Waals surface area contributed by atoms with Gasteiger partial charge in [-0.3, -0.25) is 4.79 Å². The van der Waals surface area contributed by atoms with Gasteiger partial charge in [0.05, 0.1) is 0 Å². The van der Waals surface area contributed by atoms with Crippen LogP contribution in [0.5, 0.6) is 5.75 Å². The molecule has 0 fully saturated rings. The Morgan fingerprint density at radius 3 is 2.68 bits per heavy atom. The Labute approximate surface area is 122 Å². The fourth-order valence-corrected chi connectivity index (χ4v) is 1.95. The number of nitrogens with one attached hydrogen (secondary N) is 1. The van der Waals surface area contributed by atoms with Crippen LogP contribution in [-0.2, 0) is 11.3 Å². The average Bonchev–Trinajstić information content (AvgIpc) is 2.31. The number of amides is 1. The van der Waals surface area contributed by atoms with Gasteiger partial charge in [0.25, 0.3) is 5.91 Å². The number of carbonyl (C=O) groups excluding carboxylic acids is 1. The molecule has 0 spiro atoms. The second kappa shape index (κ2) is 7.50. The number of benzene rings is 1. The van der Waals surface area contributed by atoms with Crippen molar-refractivity contribution in [2.45, 2.75) is 33.4 Å². The quantitative estimate of drug-likeness (QED) is 0.808. The molecule has 0 bridgehead atoms. The Morgan fingerprint density at radius 1 is 1.42 bits per heavy atom. The van der Waals surface area contributed by atoms with Crippen molar-refractivity contribution in [1.29, 1.82) is 0 Å². The molecule has 0 aromatic heterocycles. The minimum atomic E-state index is -0.634. The van der Waals surface area contributed by atoms with E-state index in [4.69, 9.17) is 10.5 Å². The van der Waals surface area contributed by atoms with Crippen molar-refractivity contribution in [2.75, 3.05) is 6.54 Å². The molecule has 19 heavy (non-hydrogen) atoms. The Kier molecular flexibility index (Phi) is 6.31. The van der Waals surface area contributed by atoms with Crippen molar-refractivity contribution in [3.63, 3.8) is 0 Å². The molecule has 106 valence electrons. The van der Waals surface area contributed by atoms with Gasteiger partial charge in [0.1, 0.15) is 5.75 Å². The van der Waals surface area contributed by atoms with Gasteiger partial charge in [-0.1, -0.05) is 29.8 Å². The maximum atomic E-state index is 11.1. The monoisotopic (exact) mass is 328 g/mol. The molecule has 5 heteroatoms. The molecule has 1 atom stereocenters. The number of primary amides is 1. The van der Waals surface area contributed by atoms with E-state index in [0.29, 0.717) is 18.2 Å². The predicted molar refractivity (Wildman–Crippen MR) is 80.0 cm³/mol. The van der Waals surface area contributed by atoms with Crippen LogP contribution in [0.1, 0.15) is 26.3 Å². The zero-order chi connectivity index (χ0) is 14.4. The lowest BCUT2D eigenvalue weighted by molar-refractivity contribution is -0.124. The van der Waals surface area contributed by atoms with Crippen LogP contribution in [0.3, 0.4) is 0 Å². The fraction of sp³-hybridized carbons (Fsp3) is 0.500. The summed E-state index contributed by atoms with van der Waals surface area (Å²) < 4.78 is 6.56. The number of rotatable bonds is 7. The smallest absolute Gasteiger partial charge is 0.258 e. The summed E-state index contributed by atoms with van der Waals surface area (Å²) in [5, 5.41) is 3.35. The highest BCUT2D eigenvalue weighted by atomic mass is 79.9. The highest BCUT2D eigenvalue weighted by molar-refractivity contribution is 9.10. The third-order valence-electron chi connectivity index (χ3n) is 2.59. The van der Waals surface area contributed by atoms with E-state index in [1.54, 1.807) is 6.92 Å². The molecule has 0 aliphatic carbocycles. The lowest BCUT2D eigenvalue weighted by atomic mass is 10.1. The van der Waals surface area contributed by atoms with E-state index >= 15 is 0 Å². The number of nitrogens with two attached hydrogens (primary N) is 1. The fourth-order valence-electron chi connectivity index (χ4n) is 1.55. The molecule has 0 radical (unpaired) electrons. The SMILES string of the molecule is CC(C)CNCc1cc(Br)ccc1OC(C)C(N)=O. The summed E-state index contributed by atoms with van der Waals surface area (Å²) in [5.74, 6) is 0.802. The van der Waals surface area contributed by atoms with Crippen molar-refractivity contribution >= 4 is 21.8 Å². The summed E-state index contributed by atoms with van der Waals surface area (Å²) in [7, 11) is 0. The normalized spacial score (nSPS) is 12.5. The van der Waals surface area contributed by atoms with Gasteiger partial charge in [0, 0.05) is 16.6 Å². The van der Waals surface area contributed by atoms with E-state index in [9.17, 15) is 4.79 Å². The molecular weight excluding hydrogens is 308 g/mol. The Balaban J connectivity index is 2.76. The summed E-state index contributed by atoms with van der Waals surface area (Å²) in [6, 6.07) is 5.71. The van der Waals surface area contributed by atoms with Gasteiger partial charge in [-0.15, -0.1) is 0 Å². The maximum absolute atomic E-state index is 11.1. The van der Waals surface area contributed by atoms with E-state index in [2.05, 4.69) is 35.1 Å². The molecule has 1 aromatic carbocycles. The average molecular weight is 329 g/mol. The van der Waals surface area contributed by atoms with E-state index in [0.717, 1.165) is 16.6 Å². The first-order valence-electron chi connectivity index (χ1n) is 6.35.